The zero-order valence-corrected chi connectivity index (χ0v) is 14.4. The molecule has 0 unspecified atom stereocenters. The van der Waals surface area contributed by atoms with Gasteiger partial charge >= 0.3 is 0 Å². The third-order valence-corrected chi connectivity index (χ3v) is 4.55. The minimum Gasteiger partial charge on any atom is -0.352 e. The number of carbonyl (C=O) groups is 1. The Morgan fingerprint density at radius 3 is 2.73 bits per heavy atom. The summed E-state index contributed by atoms with van der Waals surface area (Å²) >= 11 is 1.53. The van der Waals surface area contributed by atoms with Gasteiger partial charge in [-0.15, -0.1) is 11.3 Å². The van der Waals surface area contributed by atoms with E-state index in [-0.39, 0.29) is 17.7 Å². The van der Waals surface area contributed by atoms with Crippen molar-refractivity contribution in [3.8, 4) is 10.6 Å². The van der Waals surface area contributed by atoms with Crippen LogP contribution in [0.4, 0.5) is 8.78 Å². The molecule has 0 aliphatic carbocycles. The molecule has 5 nitrogen and oxygen atoms in total. The molecule has 2 aromatic heterocycles. The molecule has 0 spiro atoms. The number of carbonyl (C=O) groups excluding carboxylic acids is 1. The largest absolute Gasteiger partial charge is 0.352 e. The number of thiophene rings is 1. The zero-order valence-electron chi connectivity index (χ0n) is 13.6. The Labute approximate surface area is 151 Å². The summed E-state index contributed by atoms with van der Waals surface area (Å²) in [4.78, 5) is 24.8. The Bertz CT molecular complexity index is 971. The van der Waals surface area contributed by atoms with Gasteiger partial charge in [0.15, 0.2) is 11.6 Å². The molecule has 0 atom stereocenters. The molecule has 0 saturated carbocycles. The zero-order chi connectivity index (χ0) is 18.5. The maximum Gasteiger partial charge on any atom is 0.266 e. The first-order valence-corrected chi connectivity index (χ1v) is 8.78. The molecule has 3 rings (SSSR count). The van der Waals surface area contributed by atoms with Gasteiger partial charge in [0.1, 0.15) is 5.69 Å². The Morgan fingerprint density at radius 2 is 2.00 bits per heavy atom. The Kier molecular flexibility index (Phi) is 5.52. The summed E-state index contributed by atoms with van der Waals surface area (Å²) in [7, 11) is 0. The molecule has 26 heavy (non-hydrogen) atoms. The predicted molar refractivity (Wildman–Crippen MR) is 95.1 cm³/mol. The lowest BCUT2D eigenvalue weighted by Gasteiger charge is -2.08. The van der Waals surface area contributed by atoms with Crippen LogP contribution in [-0.4, -0.2) is 22.2 Å². The van der Waals surface area contributed by atoms with Crippen LogP contribution < -0.4 is 10.9 Å². The maximum absolute atomic E-state index is 13.1. The van der Waals surface area contributed by atoms with E-state index in [1.807, 2.05) is 17.5 Å². The summed E-state index contributed by atoms with van der Waals surface area (Å²) in [5.74, 6) is -2.58. The lowest BCUT2D eigenvalue weighted by Crippen LogP contribution is -2.28. The molecule has 0 radical (unpaired) electrons. The Hall–Kier alpha value is -2.87. The fourth-order valence-corrected chi connectivity index (χ4v) is 3.03. The smallest absolute Gasteiger partial charge is 0.266 e. The van der Waals surface area contributed by atoms with Crippen molar-refractivity contribution in [2.75, 3.05) is 6.54 Å². The SMILES string of the molecule is O=C(NCCCn1nc(-c2cccs2)ccc1=O)c1ccc(F)c(F)c1. The molecule has 0 aliphatic rings. The van der Waals surface area contributed by atoms with Crippen molar-refractivity contribution in [1.29, 1.82) is 0 Å². The minimum atomic E-state index is -1.07. The van der Waals surface area contributed by atoms with E-state index in [4.69, 9.17) is 0 Å². The van der Waals surface area contributed by atoms with Gasteiger partial charge < -0.3 is 5.32 Å². The molecule has 1 aromatic carbocycles. The highest BCUT2D eigenvalue weighted by Gasteiger charge is 2.09. The molecule has 2 heterocycles. The summed E-state index contributed by atoms with van der Waals surface area (Å²) in [6, 6.07) is 9.93. The Balaban J connectivity index is 1.56. The van der Waals surface area contributed by atoms with Crippen molar-refractivity contribution < 1.29 is 13.6 Å². The summed E-state index contributed by atoms with van der Waals surface area (Å²) < 4.78 is 27.4. The standard InChI is InChI=1S/C18H15F2N3O2S/c19-13-5-4-12(11-14(13)20)18(25)21-8-2-9-23-17(24)7-6-15(22-23)16-3-1-10-26-16/h1,3-7,10-11H,2,8-9H2,(H,21,25). The first kappa shape index (κ1) is 17.9. The third kappa shape index (κ3) is 4.20. The minimum absolute atomic E-state index is 0.0406. The summed E-state index contributed by atoms with van der Waals surface area (Å²) in [5.41, 5.74) is 0.529. The van der Waals surface area contributed by atoms with Gasteiger partial charge in [-0.25, -0.2) is 13.5 Å². The van der Waals surface area contributed by atoms with Crippen molar-refractivity contribution in [3.63, 3.8) is 0 Å². The molecule has 0 fully saturated rings. The van der Waals surface area contributed by atoms with E-state index in [9.17, 15) is 18.4 Å². The molecule has 1 N–H and O–H groups in total. The van der Waals surface area contributed by atoms with Crippen LogP contribution in [0.2, 0.25) is 0 Å². The van der Waals surface area contributed by atoms with Gasteiger partial charge in [0.05, 0.1) is 4.88 Å². The summed E-state index contributed by atoms with van der Waals surface area (Å²) in [5, 5.41) is 8.86. The molecule has 0 saturated heterocycles. The number of halogens is 2. The molecular formula is C18H15F2N3O2S. The summed E-state index contributed by atoms with van der Waals surface area (Å²) in [6.07, 6.45) is 0.468. The van der Waals surface area contributed by atoms with Gasteiger partial charge in [-0.1, -0.05) is 6.07 Å². The average molecular weight is 375 g/mol. The van der Waals surface area contributed by atoms with Crippen molar-refractivity contribution in [2.45, 2.75) is 13.0 Å². The third-order valence-electron chi connectivity index (χ3n) is 3.65. The van der Waals surface area contributed by atoms with Gasteiger partial charge in [0.25, 0.3) is 11.5 Å². The number of amides is 1. The van der Waals surface area contributed by atoms with Crippen molar-refractivity contribution >= 4 is 17.2 Å². The average Bonchev–Trinajstić information content (AvgIpc) is 3.17. The normalized spacial score (nSPS) is 10.7. The highest BCUT2D eigenvalue weighted by molar-refractivity contribution is 7.13. The van der Waals surface area contributed by atoms with Gasteiger partial charge in [-0.2, -0.15) is 5.10 Å². The van der Waals surface area contributed by atoms with E-state index in [0.717, 1.165) is 17.0 Å². The van der Waals surface area contributed by atoms with Crippen LogP contribution in [0.3, 0.4) is 0 Å². The van der Waals surface area contributed by atoms with E-state index < -0.39 is 17.5 Å². The lowest BCUT2D eigenvalue weighted by atomic mass is 10.2. The van der Waals surface area contributed by atoms with E-state index >= 15 is 0 Å². The summed E-state index contributed by atoms with van der Waals surface area (Å²) in [6.45, 7) is 0.602. The quantitative estimate of drug-likeness (QED) is 0.674. The van der Waals surface area contributed by atoms with E-state index in [1.165, 1.54) is 28.2 Å². The fraction of sp³-hybridized carbons (Fsp3) is 0.167. The Morgan fingerprint density at radius 1 is 1.15 bits per heavy atom. The fourth-order valence-electron chi connectivity index (χ4n) is 2.34. The second-order valence-electron chi connectivity index (χ2n) is 5.50. The first-order valence-electron chi connectivity index (χ1n) is 7.90. The monoisotopic (exact) mass is 375 g/mol. The van der Waals surface area contributed by atoms with Crippen LogP contribution in [0, 0.1) is 11.6 Å². The van der Waals surface area contributed by atoms with E-state index in [2.05, 4.69) is 10.4 Å². The lowest BCUT2D eigenvalue weighted by molar-refractivity contribution is 0.0952. The predicted octanol–water partition coefficient (Wildman–Crippen LogP) is 3.07. The van der Waals surface area contributed by atoms with Gasteiger partial charge in [-0.3, -0.25) is 9.59 Å². The van der Waals surface area contributed by atoms with Crippen LogP contribution in [0.25, 0.3) is 10.6 Å². The molecule has 0 aliphatic heterocycles. The topological polar surface area (TPSA) is 64.0 Å². The number of hydrogen-bond acceptors (Lipinski definition) is 4. The van der Waals surface area contributed by atoms with Crippen molar-refractivity contribution in [2.24, 2.45) is 0 Å². The van der Waals surface area contributed by atoms with Crippen LogP contribution in [-0.2, 0) is 6.54 Å². The number of nitrogens with zero attached hydrogens (tertiary/aromatic N) is 2. The number of aryl methyl sites for hydroxylation is 1. The highest BCUT2D eigenvalue weighted by Crippen LogP contribution is 2.21. The van der Waals surface area contributed by atoms with Gasteiger partial charge in [0.2, 0.25) is 0 Å². The van der Waals surface area contributed by atoms with E-state index in [0.29, 0.717) is 18.7 Å². The number of rotatable bonds is 6. The van der Waals surface area contributed by atoms with E-state index in [1.54, 1.807) is 6.07 Å². The molecular weight excluding hydrogens is 360 g/mol. The highest BCUT2D eigenvalue weighted by atomic mass is 32.1. The molecule has 8 heteroatoms. The van der Waals surface area contributed by atoms with Gasteiger partial charge in [-0.05, 0) is 42.1 Å². The maximum atomic E-state index is 13.1. The number of benzene rings is 1. The number of hydrogen-bond donors (Lipinski definition) is 1. The molecule has 1 amide bonds. The number of nitrogens with one attached hydrogen (secondary N) is 1. The number of aromatic nitrogens is 2. The van der Waals surface area contributed by atoms with Crippen molar-refractivity contribution in [3.05, 3.63) is 75.4 Å². The second kappa shape index (κ2) is 8.01. The van der Waals surface area contributed by atoms with Crippen LogP contribution >= 0.6 is 11.3 Å². The first-order chi connectivity index (χ1) is 12.5. The van der Waals surface area contributed by atoms with Crippen LogP contribution in [0.1, 0.15) is 16.8 Å². The molecule has 3 aromatic rings. The van der Waals surface area contributed by atoms with Crippen molar-refractivity contribution in [1.82, 2.24) is 15.1 Å². The van der Waals surface area contributed by atoms with Crippen LogP contribution in [0.5, 0.6) is 0 Å². The molecule has 0 bridgehead atoms. The molecule has 134 valence electrons. The van der Waals surface area contributed by atoms with Crippen LogP contribution in [0.15, 0.2) is 52.6 Å². The van der Waals surface area contributed by atoms with Gasteiger partial charge in [0, 0.05) is 24.7 Å². The second-order valence-corrected chi connectivity index (χ2v) is 6.44.